The molecule has 160 valence electrons. The maximum Gasteiger partial charge on any atom is 0.255 e. The van der Waals surface area contributed by atoms with Crippen molar-refractivity contribution in [2.75, 3.05) is 23.3 Å². The van der Waals surface area contributed by atoms with Crippen LogP contribution < -0.4 is 9.03 Å². The molecule has 0 aliphatic rings. The molecule has 0 atom stereocenters. The first kappa shape index (κ1) is 21.8. The average Bonchev–Trinajstić information content (AvgIpc) is 2.97. The number of carbonyl (C=O) groups is 1. The summed E-state index contributed by atoms with van der Waals surface area (Å²) in [6, 6.07) is 8.03. The molecule has 0 spiro atoms. The van der Waals surface area contributed by atoms with Gasteiger partial charge in [0.15, 0.2) is 0 Å². The molecule has 0 aliphatic heterocycles. The Morgan fingerprint density at radius 1 is 1.03 bits per heavy atom. The minimum Gasteiger partial charge on any atom is -0.455 e. The number of halogens is 1. The van der Waals surface area contributed by atoms with Crippen molar-refractivity contribution in [2.45, 2.75) is 6.92 Å². The number of fused-ring (bicyclic) bond motifs is 1. The lowest BCUT2D eigenvalue weighted by Crippen LogP contribution is -2.35. The number of carbonyl (C=O) groups excluding carboxylic acids is 1. The third kappa shape index (κ3) is 3.90. The molecule has 1 amide bonds. The van der Waals surface area contributed by atoms with Gasteiger partial charge in [-0.15, -0.1) is 0 Å². The first-order valence-corrected chi connectivity index (χ1v) is 12.3. The van der Waals surface area contributed by atoms with Gasteiger partial charge in [-0.2, -0.15) is 3.71 Å². The monoisotopic (exact) mass is 454 g/mol. The molecule has 0 saturated carbocycles. The fourth-order valence-corrected chi connectivity index (χ4v) is 6.27. The highest BCUT2D eigenvalue weighted by atomic mass is 32.3. The number of furan rings is 1. The van der Waals surface area contributed by atoms with E-state index in [4.69, 9.17) is 4.42 Å². The van der Waals surface area contributed by atoms with Crippen molar-refractivity contribution >= 4 is 42.6 Å². The Bertz CT molecular complexity index is 1330. The van der Waals surface area contributed by atoms with Crippen LogP contribution in [-0.2, 0) is 20.0 Å². The van der Waals surface area contributed by atoms with Gasteiger partial charge in [-0.1, -0.05) is 0 Å². The standard InChI is InChI=1S/C19H19FN2O6S2/c1-11-9-14-16(10-15(11)22(29(3,24)25)30(4,26)27)28-18(17(14)19(23)21-2)12-5-7-13(20)8-6-12/h5-10H,1-4H3,(H,21,23). The molecule has 0 saturated heterocycles. The van der Waals surface area contributed by atoms with E-state index in [1.165, 1.54) is 50.4 Å². The molecule has 30 heavy (non-hydrogen) atoms. The first-order chi connectivity index (χ1) is 13.8. The SMILES string of the molecule is CNC(=O)c1c(-c2ccc(F)cc2)oc2cc(N(S(C)(=O)=O)S(C)(=O)=O)c(C)cc12. The van der Waals surface area contributed by atoms with Crippen LogP contribution in [0.5, 0.6) is 0 Å². The number of nitrogens with one attached hydrogen (secondary N) is 1. The number of hydrogen-bond acceptors (Lipinski definition) is 6. The molecular weight excluding hydrogens is 435 g/mol. The average molecular weight is 455 g/mol. The number of nitrogens with zero attached hydrogens (tertiary/aromatic N) is 1. The van der Waals surface area contributed by atoms with Crippen molar-refractivity contribution in [3.8, 4) is 11.3 Å². The fourth-order valence-electron chi connectivity index (χ4n) is 3.20. The van der Waals surface area contributed by atoms with Crippen LogP contribution in [0.25, 0.3) is 22.3 Å². The van der Waals surface area contributed by atoms with Gasteiger partial charge < -0.3 is 9.73 Å². The highest BCUT2D eigenvalue weighted by Crippen LogP contribution is 2.38. The molecule has 0 unspecified atom stereocenters. The number of benzene rings is 2. The van der Waals surface area contributed by atoms with Crippen molar-refractivity contribution in [1.29, 1.82) is 0 Å². The van der Waals surface area contributed by atoms with Crippen molar-refractivity contribution in [2.24, 2.45) is 0 Å². The molecule has 1 heterocycles. The second-order valence-corrected chi connectivity index (χ2v) is 10.6. The van der Waals surface area contributed by atoms with Crippen molar-refractivity contribution < 1.29 is 30.4 Å². The molecule has 0 radical (unpaired) electrons. The van der Waals surface area contributed by atoms with E-state index in [1.807, 2.05) is 0 Å². The highest BCUT2D eigenvalue weighted by Gasteiger charge is 2.31. The zero-order valence-electron chi connectivity index (χ0n) is 16.6. The van der Waals surface area contributed by atoms with Crippen LogP contribution in [0, 0.1) is 12.7 Å². The van der Waals surface area contributed by atoms with E-state index < -0.39 is 31.8 Å². The van der Waals surface area contributed by atoms with Crippen LogP contribution in [-0.4, -0.2) is 42.3 Å². The Kier molecular flexibility index (Phi) is 5.37. The minimum absolute atomic E-state index is 0.103. The third-order valence-electron chi connectivity index (χ3n) is 4.37. The van der Waals surface area contributed by atoms with Gasteiger partial charge in [-0.3, -0.25) is 4.79 Å². The fraction of sp³-hybridized carbons (Fsp3) is 0.211. The van der Waals surface area contributed by atoms with Crippen LogP contribution in [0.1, 0.15) is 15.9 Å². The molecule has 3 rings (SSSR count). The van der Waals surface area contributed by atoms with Gasteiger partial charge in [0, 0.05) is 24.1 Å². The van der Waals surface area contributed by atoms with Crippen LogP contribution in [0.4, 0.5) is 10.1 Å². The second kappa shape index (κ2) is 7.40. The predicted octanol–water partition coefficient (Wildman–Crippen LogP) is 2.63. The topological polar surface area (TPSA) is 114 Å². The summed E-state index contributed by atoms with van der Waals surface area (Å²) < 4.78 is 68.1. The lowest BCUT2D eigenvalue weighted by Gasteiger charge is -2.21. The number of rotatable bonds is 5. The van der Waals surface area contributed by atoms with Gasteiger partial charge in [0.05, 0.1) is 23.8 Å². The largest absolute Gasteiger partial charge is 0.455 e. The van der Waals surface area contributed by atoms with Gasteiger partial charge in [0.2, 0.25) is 20.0 Å². The third-order valence-corrected chi connectivity index (χ3v) is 7.59. The Hall–Kier alpha value is -2.92. The summed E-state index contributed by atoms with van der Waals surface area (Å²) in [6.45, 7) is 1.52. The van der Waals surface area contributed by atoms with Gasteiger partial charge >= 0.3 is 0 Å². The van der Waals surface area contributed by atoms with Gasteiger partial charge in [0.1, 0.15) is 17.2 Å². The number of amides is 1. The van der Waals surface area contributed by atoms with Crippen molar-refractivity contribution in [3.05, 3.63) is 53.3 Å². The number of sulfonamides is 2. The summed E-state index contributed by atoms with van der Waals surface area (Å²) in [6.07, 6.45) is 1.56. The Labute approximate surface area is 173 Å². The zero-order chi connectivity index (χ0) is 22.4. The molecule has 11 heteroatoms. The molecule has 0 aliphatic carbocycles. The van der Waals surface area contributed by atoms with E-state index in [0.717, 1.165) is 12.5 Å². The van der Waals surface area contributed by atoms with Crippen molar-refractivity contribution in [1.82, 2.24) is 5.32 Å². The number of anilines is 1. The van der Waals surface area contributed by atoms with E-state index in [2.05, 4.69) is 5.32 Å². The quantitative estimate of drug-likeness (QED) is 0.634. The summed E-state index contributed by atoms with van der Waals surface area (Å²) in [5.74, 6) is -0.791. The summed E-state index contributed by atoms with van der Waals surface area (Å²) in [7, 11) is -6.89. The normalized spacial score (nSPS) is 12.2. The maximum atomic E-state index is 13.3. The van der Waals surface area contributed by atoms with Crippen LogP contribution >= 0.6 is 0 Å². The summed E-state index contributed by atoms with van der Waals surface area (Å²) in [4.78, 5) is 12.6. The van der Waals surface area contributed by atoms with Gasteiger partial charge in [0.25, 0.3) is 5.91 Å². The maximum absolute atomic E-state index is 13.3. The first-order valence-electron chi connectivity index (χ1n) is 8.60. The lowest BCUT2D eigenvalue weighted by atomic mass is 10.0. The highest BCUT2D eigenvalue weighted by molar-refractivity contribution is 8.09. The summed E-state index contributed by atoms with van der Waals surface area (Å²) in [5, 5.41) is 2.87. The zero-order valence-corrected chi connectivity index (χ0v) is 18.2. The van der Waals surface area contributed by atoms with Crippen LogP contribution in [0.2, 0.25) is 0 Å². The summed E-state index contributed by atoms with van der Waals surface area (Å²) in [5.41, 5.74) is 0.878. The Balaban J connectivity index is 2.37. The lowest BCUT2D eigenvalue weighted by molar-refractivity contribution is 0.0964. The molecule has 1 aromatic heterocycles. The smallest absolute Gasteiger partial charge is 0.255 e. The predicted molar refractivity (Wildman–Crippen MR) is 112 cm³/mol. The molecular formula is C19H19FN2O6S2. The minimum atomic E-state index is -4.17. The molecule has 3 aromatic rings. The molecule has 1 N–H and O–H groups in total. The van der Waals surface area contributed by atoms with Crippen LogP contribution in [0.15, 0.2) is 40.8 Å². The number of aryl methyl sites for hydroxylation is 1. The van der Waals surface area contributed by atoms with E-state index in [0.29, 0.717) is 20.2 Å². The Morgan fingerprint density at radius 2 is 1.60 bits per heavy atom. The molecule has 0 bridgehead atoms. The molecule has 8 nitrogen and oxygen atoms in total. The van der Waals surface area contributed by atoms with E-state index in [-0.39, 0.29) is 22.6 Å². The molecule has 0 fully saturated rings. The summed E-state index contributed by atoms with van der Waals surface area (Å²) >= 11 is 0. The van der Waals surface area contributed by atoms with Crippen LogP contribution in [0.3, 0.4) is 0 Å². The van der Waals surface area contributed by atoms with Gasteiger partial charge in [-0.05, 0) is 42.8 Å². The second-order valence-electron chi connectivity index (χ2n) is 6.75. The Morgan fingerprint density at radius 3 is 2.10 bits per heavy atom. The van der Waals surface area contributed by atoms with E-state index >= 15 is 0 Å². The van der Waals surface area contributed by atoms with E-state index in [1.54, 1.807) is 0 Å². The van der Waals surface area contributed by atoms with Gasteiger partial charge in [-0.25, -0.2) is 21.2 Å². The van der Waals surface area contributed by atoms with Crippen molar-refractivity contribution in [3.63, 3.8) is 0 Å². The van der Waals surface area contributed by atoms with E-state index in [9.17, 15) is 26.0 Å². The molecule has 2 aromatic carbocycles. The number of hydrogen-bond donors (Lipinski definition) is 1.